The van der Waals surface area contributed by atoms with Crippen molar-refractivity contribution in [3.8, 4) is 11.5 Å². The molecule has 0 aliphatic rings. The van der Waals surface area contributed by atoms with Crippen LogP contribution in [0.25, 0.3) is 0 Å². The van der Waals surface area contributed by atoms with Crippen LogP contribution < -0.4 is 4.74 Å². The topological polar surface area (TPSA) is 29.5 Å². The third kappa shape index (κ3) is 2.99. The van der Waals surface area contributed by atoms with Crippen molar-refractivity contribution in [3.63, 3.8) is 0 Å². The fourth-order valence-electron chi connectivity index (χ4n) is 1.48. The second kappa shape index (κ2) is 5.21. The average Bonchev–Trinajstić information content (AvgIpc) is 2.35. The van der Waals surface area contributed by atoms with Crippen LogP contribution in [0.2, 0.25) is 5.02 Å². The summed E-state index contributed by atoms with van der Waals surface area (Å²) in [5.74, 6) is 1.35. The van der Waals surface area contributed by atoms with Crippen LogP contribution in [0, 0.1) is 6.92 Å². The molecule has 0 aliphatic carbocycles. The first-order chi connectivity index (χ1) is 8.19. The summed E-state index contributed by atoms with van der Waals surface area (Å²) in [4.78, 5) is 0. The van der Waals surface area contributed by atoms with Crippen LogP contribution in [-0.4, -0.2) is 5.11 Å². The Bertz CT molecular complexity index is 506. The van der Waals surface area contributed by atoms with Gasteiger partial charge in [-0.25, -0.2) is 0 Å². The minimum Gasteiger partial charge on any atom is -0.456 e. The zero-order valence-corrected chi connectivity index (χ0v) is 10.2. The van der Waals surface area contributed by atoms with Crippen LogP contribution in [0.15, 0.2) is 42.5 Å². The second-order valence-corrected chi connectivity index (χ2v) is 4.25. The van der Waals surface area contributed by atoms with Crippen LogP contribution in [0.5, 0.6) is 11.5 Å². The Labute approximate surface area is 105 Å². The summed E-state index contributed by atoms with van der Waals surface area (Å²) in [6.45, 7) is 2.02. The third-order valence-electron chi connectivity index (χ3n) is 2.42. The maximum absolute atomic E-state index is 8.94. The molecule has 1 N–H and O–H groups in total. The van der Waals surface area contributed by atoms with Crippen molar-refractivity contribution in [2.45, 2.75) is 13.5 Å². The van der Waals surface area contributed by atoms with Gasteiger partial charge in [0.15, 0.2) is 0 Å². The van der Waals surface area contributed by atoms with E-state index in [0.29, 0.717) is 16.5 Å². The van der Waals surface area contributed by atoms with Crippen molar-refractivity contribution in [2.24, 2.45) is 0 Å². The van der Waals surface area contributed by atoms with Crippen LogP contribution in [-0.2, 0) is 6.61 Å². The number of hydrogen-bond acceptors (Lipinski definition) is 2. The van der Waals surface area contributed by atoms with Gasteiger partial charge in [-0.2, -0.15) is 0 Å². The first-order valence-corrected chi connectivity index (χ1v) is 5.70. The summed E-state index contributed by atoms with van der Waals surface area (Å²) in [7, 11) is 0. The molecule has 0 heterocycles. The van der Waals surface area contributed by atoms with Crippen molar-refractivity contribution in [1.82, 2.24) is 0 Å². The summed E-state index contributed by atoms with van der Waals surface area (Å²) in [6, 6.07) is 12.9. The maximum Gasteiger partial charge on any atom is 0.146 e. The quantitative estimate of drug-likeness (QED) is 0.892. The van der Waals surface area contributed by atoms with Crippen molar-refractivity contribution >= 4 is 11.6 Å². The Morgan fingerprint density at radius 2 is 1.82 bits per heavy atom. The van der Waals surface area contributed by atoms with Gasteiger partial charge in [-0.1, -0.05) is 29.8 Å². The molecule has 3 heteroatoms. The number of aryl methyl sites for hydroxylation is 1. The van der Waals surface area contributed by atoms with E-state index in [-0.39, 0.29) is 6.61 Å². The lowest BCUT2D eigenvalue weighted by Crippen LogP contribution is -1.87. The van der Waals surface area contributed by atoms with E-state index in [0.717, 1.165) is 11.1 Å². The molecule has 0 bridgehead atoms. The zero-order chi connectivity index (χ0) is 12.3. The molecule has 2 aromatic carbocycles. The highest BCUT2D eigenvalue weighted by atomic mass is 35.5. The first kappa shape index (κ1) is 12.0. The fraction of sp³-hybridized carbons (Fsp3) is 0.143. The van der Waals surface area contributed by atoms with Gasteiger partial charge in [0.25, 0.3) is 0 Å². The molecule has 88 valence electrons. The zero-order valence-electron chi connectivity index (χ0n) is 9.48. The predicted octanol–water partition coefficient (Wildman–Crippen LogP) is 3.93. The number of benzene rings is 2. The number of aliphatic hydroxyl groups excluding tert-OH is 1. The number of ether oxygens (including phenoxy) is 1. The highest BCUT2D eigenvalue weighted by Crippen LogP contribution is 2.30. The molecular formula is C14H13ClO2. The predicted molar refractivity (Wildman–Crippen MR) is 68.6 cm³/mol. The molecule has 0 aromatic heterocycles. The minimum absolute atomic E-state index is 0.0332. The Hall–Kier alpha value is -1.51. The molecule has 0 amide bonds. The molecule has 2 rings (SSSR count). The van der Waals surface area contributed by atoms with Gasteiger partial charge in [0, 0.05) is 0 Å². The fourth-order valence-corrected chi connectivity index (χ4v) is 1.63. The number of aliphatic hydroxyl groups is 1. The van der Waals surface area contributed by atoms with Gasteiger partial charge < -0.3 is 9.84 Å². The van der Waals surface area contributed by atoms with E-state index < -0.39 is 0 Å². The smallest absolute Gasteiger partial charge is 0.146 e. The Balaban J connectivity index is 2.22. The molecule has 0 spiro atoms. The lowest BCUT2D eigenvalue weighted by molar-refractivity contribution is 0.281. The van der Waals surface area contributed by atoms with E-state index in [1.165, 1.54) is 0 Å². The molecule has 2 aromatic rings. The molecule has 0 saturated heterocycles. The van der Waals surface area contributed by atoms with E-state index >= 15 is 0 Å². The highest BCUT2D eigenvalue weighted by molar-refractivity contribution is 6.32. The SMILES string of the molecule is Cc1ccc(Cl)c(Oc2ccc(CO)cc2)c1. The minimum atomic E-state index is 0.0332. The molecule has 0 atom stereocenters. The van der Waals surface area contributed by atoms with Crippen molar-refractivity contribution < 1.29 is 9.84 Å². The summed E-state index contributed by atoms with van der Waals surface area (Å²) in [6.07, 6.45) is 0. The standard InChI is InChI=1S/C14H13ClO2/c1-10-2-7-13(15)14(8-10)17-12-5-3-11(9-16)4-6-12/h2-8,16H,9H2,1H3. The number of halogens is 1. The van der Waals surface area contributed by atoms with Crippen molar-refractivity contribution in [1.29, 1.82) is 0 Å². The molecule has 0 radical (unpaired) electrons. The molecule has 17 heavy (non-hydrogen) atoms. The van der Waals surface area contributed by atoms with E-state index in [1.807, 2.05) is 49.4 Å². The lowest BCUT2D eigenvalue weighted by Gasteiger charge is -2.08. The van der Waals surface area contributed by atoms with Gasteiger partial charge in [0.2, 0.25) is 0 Å². The van der Waals surface area contributed by atoms with Crippen molar-refractivity contribution in [3.05, 3.63) is 58.6 Å². The van der Waals surface area contributed by atoms with Gasteiger partial charge in [-0.15, -0.1) is 0 Å². The Morgan fingerprint density at radius 3 is 2.47 bits per heavy atom. The first-order valence-electron chi connectivity index (χ1n) is 5.33. The molecular weight excluding hydrogens is 236 g/mol. The summed E-state index contributed by atoms with van der Waals surface area (Å²) < 4.78 is 5.68. The third-order valence-corrected chi connectivity index (χ3v) is 2.73. The van der Waals surface area contributed by atoms with Gasteiger partial charge >= 0.3 is 0 Å². The highest BCUT2D eigenvalue weighted by Gasteiger charge is 2.03. The lowest BCUT2D eigenvalue weighted by atomic mass is 10.2. The Kier molecular flexibility index (Phi) is 3.67. The summed E-state index contributed by atoms with van der Waals surface area (Å²) in [5.41, 5.74) is 1.95. The molecule has 2 nitrogen and oxygen atoms in total. The number of rotatable bonds is 3. The summed E-state index contributed by atoms with van der Waals surface area (Å²) >= 11 is 6.04. The molecule has 0 saturated carbocycles. The average molecular weight is 249 g/mol. The second-order valence-electron chi connectivity index (χ2n) is 3.84. The van der Waals surface area contributed by atoms with Gasteiger partial charge in [0.1, 0.15) is 11.5 Å². The van der Waals surface area contributed by atoms with Crippen molar-refractivity contribution in [2.75, 3.05) is 0 Å². The van der Waals surface area contributed by atoms with E-state index in [9.17, 15) is 0 Å². The van der Waals surface area contributed by atoms with Crippen LogP contribution in [0.1, 0.15) is 11.1 Å². The van der Waals surface area contributed by atoms with Gasteiger partial charge in [-0.3, -0.25) is 0 Å². The van der Waals surface area contributed by atoms with Crippen LogP contribution >= 0.6 is 11.6 Å². The van der Waals surface area contributed by atoms with E-state index in [4.69, 9.17) is 21.4 Å². The van der Waals surface area contributed by atoms with Crippen LogP contribution in [0.3, 0.4) is 0 Å². The van der Waals surface area contributed by atoms with E-state index in [1.54, 1.807) is 0 Å². The molecule has 0 fully saturated rings. The van der Waals surface area contributed by atoms with Gasteiger partial charge in [-0.05, 0) is 42.3 Å². The van der Waals surface area contributed by atoms with E-state index in [2.05, 4.69) is 0 Å². The molecule has 0 aliphatic heterocycles. The van der Waals surface area contributed by atoms with Crippen LogP contribution in [0.4, 0.5) is 0 Å². The molecule has 0 unspecified atom stereocenters. The van der Waals surface area contributed by atoms with Gasteiger partial charge in [0.05, 0.1) is 11.6 Å². The summed E-state index contributed by atoms with van der Waals surface area (Å²) in [5, 5.41) is 9.52. The largest absolute Gasteiger partial charge is 0.456 e. The maximum atomic E-state index is 8.94. The Morgan fingerprint density at radius 1 is 1.12 bits per heavy atom. The normalized spacial score (nSPS) is 10.3. The monoisotopic (exact) mass is 248 g/mol. The number of hydrogen-bond donors (Lipinski definition) is 1.